The van der Waals surface area contributed by atoms with Gasteiger partial charge in [0.2, 0.25) is 0 Å². The Morgan fingerprint density at radius 1 is 1.50 bits per heavy atom. The van der Waals surface area contributed by atoms with E-state index >= 15 is 0 Å². The van der Waals surface area contributed by atoms with E-state index in [4.69, 9.17) is 10.5 Å². The van der Waals surface area contributed by atoms with Crippen LogP contribution in [0.5, 0.6) is 0 Å². The van der Waals surface area contributed by atoms with Crippen LogP contribution in [-0.4, -0.2) is 19.0 Å². The molecule has 0 aromatic rings. The molecule has 1 rings (SSSR count). The van der Waals surface area contributed by atoms with Crippen LogP contribution in [0.3, 0.4) is 0 Å². The number of hydrogen-bond donors (Lipinski definition) is 1. The molecular formula is C7H14FNO. The first-order valence-corrected chi connectivity index (χ1v) is 3.66. The number of alkyl halides is 1. The zero-order valence-corrected chi connectivity index (χ0v) is 6.27. The number of nitrogens with two attached hydrogens (primary N) is 1. The molecule has 0 aromatic heterocycles. The minimum Gasteiger partial charge on any atom is -0.381 e. The Labute approximate surface area is 60.5 Å². The summed E-state index contributed by atoms with van der Waals surface area (Å²) in [7, 11) is 0. The van der Waals surface area contributed by atoms with E-state index in [1.54, 1.807) is 0 Å². The summed E-state index contributed by atoms with van der Waals surface area (Å²) in [6, 6.07) is 0. The van der Waals surface area contributed by atoms with Crippen LogP contribution in [0.4, 0.5) is 4.39 Å². The highest BCUT2D eigenvalue weighted by Gasteiger charge is 2.30. The molecule has 0 spiro atoms. The van der Waals surface area contributed by atoms with Gasteiger partial charge in [-0.05, 0) is 19.8 Å². The van der Waals surface area contributed by atoms with Crippen molar-refractivity contribution in [1.29, 1.82) is 0 Å². The van der Waals surface area contributed by atoms with Crippen molar-refractivity contribution in [3.05, 3.63) is 0 Å². The van der Waals surface area contributed by atoms with Crippen LogP contribution in [0.25, 0.3) is 0 Å². The maximum atomic E-state index is 13.0. The van der Waals surface area contributed by atoms with Gasteiger partial charge in [0.1, 0.15) is 0 Å². The molecule has 1 aliphatic heterocycles. The lowest BCUT2D eigenvalue weighted by atomic mass is 9.92. The van der Waals surface area contributed by atoms with Gasteiger partial charge >= 0.3 is 0 Å². The zero-order chi connectivity index (χ0) is 7.61. The predicted octanol–water partition coefficient (Wildman–Crippen LogP) is 1.06. The zero-order valence-electron chi connectivity index (χ0n) is 6.27. The third kappa shape index (κ3) is 1.92. The lowest BCUT2D eigenvalue weighted by Crippen LogP contribution is -2.42. The highest BCUT2D eigenvalue weighted by molar-refractivity contribution is 4.78. The molecule has 10 heavy (non-hydrogen) atoms. The van der Waals surface area contributed by atoms with E-state index in [1.165, 1.54) is 6.92 Å². The van der Waals surface area contributed by atoms with E-state index in [0.29, 0.717) is 13.2 Å². The Hall–Kier alpha value is -0.150. The molecule has 2 nitrogen and oxygen atoms in total. The number of rotatable bonds is 1. The van der Waals surface area contributed by atoms with E-state index in [0.717, 1.165) is 12.8 Å². The highest BCUT2D eigenvalue weighted by Crippen LogP contribution is 2.25. The van der Waals surface area contributed by atoms with E-state index < -0.39 is 5.79 Å². The largest absolute Gasteiger partial charge is 0.381 e. The summed E-state index contributed by atoms with van der Waals surface area (Å²) < 4.78 is 18.1. The quantitative estimate of drug-likeness (QED) is 0.563. The molecule has 0 aliphatic carbocycles. The van der Waals surface area contributed by atoms with E-state index in [9.17, 15) is 4.39 Å². The maximum Gasteiger partial charge on any atom is 0.159 e. The second-order valence-corrected chi connectivity index (χ2v) is 3.04. The van der Waals surface area contributed by atoms with Crippen LogP contribution >= 0.6 is 0 Å². The number of ether oxygens (including phenoxy) is 1. The van der Waals surface area contributed by atoms with E-state index in [-0.39, 0.29) is 5.92 Å². The van der Waals surface area contributed by atoms with Crippen LogP contribution < -0.4 is 5.73 Å². The number of hydrogen-bond acceptors (Lipinski definition) is 2. The molecule has 3 heteroatoms. The fourth-order valence-electron chi connectivity index (χ4n) is 1.26. The van der Waals surface area contributed by atoms with Crippen molar-refractivity contribution in [2.75, 3.05) is 13.2 Å². The van der Waals surface area contributed by atoms with E-state index in [1.807, 2.05) is 0 Å². The average molecular weight is 147 g/mol. The topological polar surface area (TPSA) is 35.2 Å². The summed E-state index contributed by atoms with van der Waals surface area (Å²) in [5.41, 5.74) is 5.29. The van der Waals surface area contributed by atoms with Crippen molar-refractivity contribution in [3.8, 4) is 0 Å². The molecule has 0 saturated carbocycles. The van der Waals surface area contributed by atoms with Gasteiger partial charge < -0.3 is 4.74 Å². The summed E-state index contributed by atoms with van der Waals surface area (Å²) in [5.74, 6) is -1.52. The highest BCUT2D eigenvalue weighted by atomic mass is 19.1. The predicted molar refractivity (Wildman–Crippen MR) is 37.2 cm³/mol. The lowest BCUT2D eigenvalue weighted by molar-refractivity contribution is 0.000365. The van der Waals surface area contributed by atoms with Crippen molar-refractivity contribution in [1.82, 2.24) is 0 Å². The van der Waals surface area contributed by atoms with Crippen LogP contribution in [0.15, 0.2) is 0 Å². The Morgan fingerprint density at radius 3 is 2.30 bits per heavy atom. The monoisotopic (exact) mass is 147 g/mol. The lowest BCUT2D eigenvalue weighted by Gasteiger charge is -2.29. The van der Waals surface area contributed by atoms with Gasteiger partial charge in [0.05, 0.1) is 0 Å². The third-order valence-electron chi connectivity index (χ3n) is 2.02. The SMILES string of the molecule is CC(N)(F)C1CCOCC1. The first kappa shape index (κ1) is 7.95. The Balaban J connectivity index is 2.39. The van der Waals surface area contributed by atoms with Gasteiger partial charge in [0.25, 0.3) is 0 Å². The first-order chi connectivity index (χ1) is 4.61. The molecule has 1 atom stereocenters. The van der Waals surface area contributed by atoms with Crippen molar-refractivity contribution in [2.24, 2.45) is 11.7 Å². The Morgan fingerprint density at radius 2 is 2.00 bits per heavy atom. The van der Waals surface area contributed by atoms with E-state index in [2.05, 4.69) is 0 Å². The Kier molecular flexibility index (Phi) is 2.26. The van der Waals surface area contributed by atoms with Crippen molar-refractivity contribution >= 4 is 0 Å². The maximum absolute atomic E-state index is 13.0. The fraction of sp³-hybridized carbons (Fsp3) is 1.00. The third-order valence-corrected chi connectivity index (χ3v) is 2.02. The molecule has 2 N–H and O–H groups in total. The average Bonchev–Trinajstić information content (AvgIpc) is 1.88. The molecule has 0 radical (unpaired) electrons. The molecule has 0 amide bonds. The molecule has 60 valence electrons. The molecule has 1 fully saturated rings. The van der Waals surface area contributed by atoms with Crippen LogP contribution in [0.2, 0.25) is 0 Å². The molecule has 0 bridgehead atoms. The second-order valence-electron chi connectivity index (χ2n) is 3.04. The van der Waals surface area contributed by atoms with Gasteiger partial charge in [-0.25, -0.2) is 4.39 Å². The summed E-state index contributed by atoms with van der Waals surface area (Å²) >= 11 is 0. The van der Waals surface area contributed by atoms with Crippen molar-refractivity contribution < 1.29 is 9.13 Å². The van der Waals surface area contributed by atoms with Gasteiger partial charge in [0, 0.05) is 19.1 Å². The van der Waals surface area contributed by atoms with Gasteiger partial charge in [-0.15, -0.1) is 0 Å². The van der Waals surface area contributed by atoms with Gasteiger partial charge in [-0.2, -0.15) is 0 Å². The molecule has 0 aromatic carbocycles. The normalized spacial score (nSPS) is 27.9. The van der Waals surface area contributed by atoms with Crippen molar-refractivity contribution in [2.45, 2.75) is 25.6 Å². The standard InChI is InChI=1S/C7H14FNO/c1-7(8,9)6-2-4-10-5-3-6/h6H,2-5,9H2,1H3. The molecule has 1 saturated heterocycles. The second kappa shape index (κ2) is 2.84. The smallest absolute Gasteiger partial charge is 0.159 e. The summed E-state index contributed by atoms with van der Waals surface area (Å²) in [6.45, 7) is 2.74. The first-order valence-electron chi connectivity index (χ1n) is 3.66. The fourth-order valence-corrected chi connectivity index (χ4v) is 1.26. The molecule has 1 aliphatic rings. The Bertz CT molecular complexity index is 105. The van der Waals surface area contributed by atoms with Crippen LogP contribution in [0.1, 0.15) is 19.8 Å². The van der Waals surface area contributed by atoms with Gasteiger partial charge in [-0.3, -0.25) is 5.73 Å². The van der Waals surface area contributed by atoms with Gasteiger partial charge in [-0.1, -0.05) is 0 Å². The molecular weight excluding hydrogens is 133 g/mol. The van der Waals surface area contributed by atoms with Crippen LogP contribution in [-0.2, 0) is 4.74 Å². The molecule has 1 heterocycles. The summed E-state index contributed by atoms with van der Waals surface area (Å²) in [6.07, 6.45) is 1.51. The summed E-state index contributed by atoms with van der Waals surface area (Å²) in [4.78, 5) is 0. The minimum absolute atomic E-state index is 0.0127. The van der Waals surface area contributed by atoms with Crippen LogP contribution in [0, 0.1) is 5.92 Å². The molecule has 1 unspecified atom stereocenters. The van der Waals surface area contributed by atoms with Crippen molar-refractivity contribution in [3.63, 3.8) is 0 Å². The van der Waals surface area contributed by atoms with Gasteiger partial charge in [0.15, 0.2) is 5.79 Å². The summed E-state index contributed by atoms with van der Waals surface area (Å²) in [5, 5.41) is 0. The number of halogens is 1. The minimum atomic E-state index is -1.51.